The quantitative estimate of drug-likeness (QED) is 0.434. The van der Waals surface area contributed by atoms with Crippen molar-refractivity contribution in [2.45, 2.75) is 9.96 Å². The summed E-state index contributed by atoms with van der Waals surface area (Å²) in [6.45, 7) is 0. The lowest BCUT2D eigenvalue weighted by Crippen LogP contribution is -2.28. The van der Waals surface area contributed by atoms with Crippen LogP contribution in [0.5, 0.6) is 0 Å². The summed E-state index contributed by atoms with van der Waals surface area (Å²) in [5, 5.41) is 14.9. The number of aliphatic hydroxyl groups is 2. The van der Waals surface area contributed by atoms with E-state index in [2.05, 4.69) is 0 Å². The second-order valence-corrected chi connectivity index (χ2v) is 4.32. The minimum absolute atomic E-state index is 0.0633. The van der Waals surface area contributed by atoms with E-state index >= 15 is 0 Å². The molecule has 0 aromatic heterocycles. The van der Waals surface area contributed by atoms with Crippen molar-refractivity contribution in [2.75, 3.05) is 0 Å². The molecule has 0 aromatic rings. The average molecular weight is 253 g/mol. The van der Waals surface area contributed by atoms with Crippen LogP contribution in [-0.2, 0) is 9.59 Å². The molecule has 70 valence electrons. The summed E-state index contributed by atoms with van der Waals surface area (Å²) in [4.78, 5) is 20.9. The highest BCUT2D eigenvalue weighted by Gasteiger charge is 2.37. The van der Waals surface area contributed by atoms with E-state index < -0.39 is 20.3 Å². The lowest BCUT2D eigenvalue weighted by molar-refractivity contribution is -0.119. The zero-order valence-electron chi connectivity index (χ0n) is 5.33. The van der Waals surface area contributed by atoms with Crippen molar-refractivity contribution in [3.05, 3.63) is 0 Å². The molecule has 0 fully saturated rings. The number of rotatable bonds is 3. The number of carbonyl (C=O) groups is 2. The normalized spacial score (nSPS) is 18.1. The third kappa shape index (κ3) is 3.93. The van der Waals surface area contributed by atoms with Gasteiger partial charge in [0.05, 0.1) is 0 Å². The maximum atomic E-state index is 10.6. The number of aliphatic hydroxyl groups excluding tert-OH is 1. The Labute approximate surface area is 86.8 Å². The highest BCUT2D eigenvalue weighted by atomic mass is 35.5. The predicted molar refractivity (Wildman–Crippen MR) is 46.1 cm³/mol. The number of thioether (sulfide) groups is 1. The summed E-state index contributed by atoms with van der Waals surface area (Å²) < 4.78 is -2.57. The Morgan fingerprint density at radius 2 is 1.92 bits per heavy atom. The van der Waals surface area contributed by atoms with Gasteiger partial charge in [-0.1, -0.05) is 23.2 Å². The Kier molecular flexibility index (Phi) is 4.83. The lowest BCUT2D eigenvalue weighted by Gasteiger charge is -2.13. The summed E-state index contributed by atoms with van der Waals surface area (Å²) in [5.41, 5.74) is -1.84. The van der Waals surface area contributed by atoms with Crippen molar-refractivity contribution < 1.29 is 19.8 Å². The Bertz CT molecular complexity index is 204. The van der Waals surface area contributed by atoms with Crippen LogP contribution in [0.2, 0.25) is 0 Å². The molecule has 2 unspecified atom stereocenters. The molecule has 0 saturated carbocycles. The number of halogens is 3. The van der Waals surface area contributed by atoms with Crippen LogP contribution >= 0.6 is 46.6 Å². The Morgan fingerprint density at radius 3 is 2.17 bits per heavy atom. The fourth-order valence-corrected chi connectivity index (χ4v) is 1.14. The van der Waals surface area contributed by atoms with Crippen LogP contribution in [0.4, 0.5) is 0 Å². The number of hydrogen-bond acceptors (Lipinski definition) is 5. The van der Waals surface area contributed by atoms with E-state index in [1.807, 2.05) is 0 Å². The van der Waals surface area contributed by atoms with Gasteiger partial charge < -0.3 is 10.2 Å². The number of carbonyl (C=O) groups excluding carboxylic acids is 2. The molecule has 2 N–H and O–H groups in total. The first-order valence-electron chi connectivity index (χ1n) is 2.43. The van der Waals surface area contributed by atoms with E-state index in [4.69, 9.17) is 45.0 Å². The third-order valence-electron chi connectivity index (χ3n) is 0.673. The van der Waals surface area contributed by atoms with Crippen molar-refractivity contribution in [3.63, 3.8) is 0 Å². The first-order valence-corrected chi connectivity index (χ1v) is 4.44. The van der Waals surface area contributed by atoms with E-state index in [0.717, 1.165) is 0 Å². The van der Waals surface area contributed by atoms with Crippen molar-refractivity contribution in [1.82, 2.24) is 0 Å². The number of alkyl halides is 2. The van der Waals surface area contributed by atoms with Crippen molar-refractivity contribution in [2.24, 2.45) is 0 Å². The van der Waals surface area contributed by atoms with E-state index in [9.17, 15) is 9.59 Å². The Morgan fingerprint density at radius 1 is 1.50 bits per heavy atom. The molecule has 0 bridgehead atoms. The van der Waals surface area contributed by atoms with Gasteiger partial charge in [0, 0.05) is 0 Å². The molecule has 0 saturated heterocycles. The van der Waals surface area contributed by atoms with Gasteiger partial charge in [-0.25, -0.2) is 0 Å². The molecule has 8 heteroatoms. The predicted octanol–water partition coefficient (Wildman–Crippen LogP) is 0.454. The molecule has 0 aliphatic carbocycles. The molecule has 0 spiro atoms. The average Bonchev–Trinajstić information content (AvgIpc) is 1.85. The molecule has 0 aliphatic rings. The molecule has 0 aliphatic heterocycles. The SMILES string of the molecule is O=C(SC(O)(Cl)C(=O)Cl)C(O)Cl. The second kappa shape index (κ2) is 4.64. The molecule has 0 aromatic carbocycles. The van der Waals surface area contributed by atoms with Gasteiger partial charge in [0.2, 0.25) is 5.12 Å². The highest BCUT2D eigenvalue weighted by Crippen LogP contribution is 2.31. The summed E-state index contributed by atoms with van der Waals surface area (Å²) in [6, 6.07) is 0. The van der Waals surface area contributed by atoms with Gasteiger partial charge in [-0.3, -0.25) is 9.59 Å². The molecule has 0 rings (SSSR count). The largest absolute Gasteiger partial charge is 0.370 e. The maximum absolute atomic E-state index is 10.6. The summed E-state index contributed by atoms with van der Waals surface area (Å²) in [5.74, 6) is 0. The monoisotopic (exact) mass is 252 g/mol. The highest BCUT2D eigenvalue weighted by molar-refractivity contribution is 8.16. The smallest absolute Gasteiger partial charge is 0.280 e. The van der Waals surface area contributed by atoms with E-state index in [-0.39, 0.29) is 11.8 Å². The Balaban J connectivity index is 4.25. The molecular formula is C4H3Cl3O4S. The molecule has 0 amide bonds. The van der Waals surface area contributed by atoms with Gasteiger partial charge in [-0.2, -0.15) is 0 Å². The zero-order valence-corrected chi connectivity index (χ0v) is 8.41. The fraction of sp³-hybridized carbons (Fsp3) is 0.500. The maximum Gasteiger partial charge on any atom is 0.280 e. The van der Waals surface area contributed by atoms with Gasteiger partial charge in [0.1, 0.15) is 0 Å². The van der Waals surface area contributed by atoms with Crippen LogP contribution in [0.15, 0.2) is 0 Å². The molecule has 4 nitrogen and oxygen atoms in total. The van der Waals surface area contributed by atoms with Crippen LogP contribution in [0.25, 0.3) is 0 Å². The minimum atomic E-state index is -2.57. The number of hydrogen-bond donors (Lipinski definition) is 2. The lowest BCUT2D eigenvalue weighted by atomic mass is 10.8. The van der Waals surface area contributed by atoms with Gasteiger partial charge in [-0.05, 0) is 23.4 Å². The first kappa shape index (κ1) is 12.5. The van der Waals surface area contributed by atoms with Crippen molar-refractivity contribution >= 4 is 56.9 Å². The molecule has 2 atom stereocenters. The van der Waals surface area contributed by atoms with Gasteiger partial charge in [0.25, 0.3) is 9.63 Å². The van der Waals surface area contributed by atoms with E-state index in [1.54, 1.807) is 0 Å². The van der Waals surface area contributed by atoms with Gasteiger partial charge >= 0.3 is 0 Å². The Hall–Kier alpha value is 0.480. The third-order valence-corrected chi connectivity index (χ3v) is 2.77. The zero-order chi connectivity index (χ0) is 9.94. The summed E-state index contributed by atoms with van der Waals surface area (Å²) in [7, 11) is 0. The topological polar surface area (TPSA) is 74.6 Å². The van der Waals surface area contributed by atoms with Crippen LogP contribution < -0.4 is 0 Å². The van der Waals surface area contributed by atoms with Crippen molar-refractivity contribution in [3.8, 4) is 0 Å². The summed E-state index contributed by atoms with van der Waals surface area (Å²) >= 11 is 14.7. The van der Waals surface area contributed by atoms with Crippen LogP contribution in [0.3, 0.4) is 0 Å². The van der Waals surface area contributed by atoms with E-state index in [0.29, 0.717) is 0 Å². The molecule has 0 radical (unpaired) electrons. The van der Waals surface area contributed by atoms with Crippen LogP contribution in [0.1, 0.15) is 0 Å². The molecule has 12 heavy (non-hydrogen) atoms. The van der Waals surface area contributed by atoms with Gasteiger partial charge in [0.15, 0.2) is 5.56 Å². The van der Waals surface area contributed by atoms with E-state index in [1.165, 1.54) is 0 Å². The van der Waals surface area contributed by atoms with Crippen molar-refractivity contribution in [1.29, 1.82) is 0 Å². The first-order chi connectivity index (χ1) is 5.27. The second-order valence-electron chi connectivity index (χ2n) is 1.59. The fourth-order valence-electron chi connectivity index (χ4n) is 0.222. The van der Waals surface area contributed by atoms with Crippen LogP contribution in [0, 0.1) is 0 Å². The minimum Gasteiger partial charge on any atom is -0.370 e. The molecule has 0 heterocycles. The standard InChI is InChI=1S/C4H3Cl3O4S/c5-1(8)2(9)12-4(7,11)3(6)10/h1,8,11H. The van der Waals surface area contributed by atoms with Crippen LogP contribution in [-0.4, -0.2) is 30.5 Å². The van der Waals surface area contributed by atoms with Gasteiger partial charge in [-0.15, -0.1) is 0 Å². The molecular weight excluding hydrogens is 250 g/mol. The summed E-state index contributed by atoms with van der Waals surface area (Å²) in [6.07, 6.45) is 0.